The summed E-state index contributed by atoms with van der Waals surface area (Å²) in [7, 11) is 0. The molecule has 10 aromatic rings. The minimum Gasteiger partial charge on any atom is -0.458 e. The average Bonchev–Trinajstić information content (AvgIpc) is 1.75. The van der Waals surface area contributed by atoms with E-state index in [-0.39, 0.29) is 15.8 Å². The van der Waals surface area contributed by atoms with Crippen molar-refractivity contribution in [3.05, 3.63) is 175 Å². The largest absolute Gasteiger partial charge is 0.458 e. The molecule has 0 bridgehead atoms. The van der Waals surface area contributed by atoms with Crippen LogP contribution < -0.4 is 15.7 Å². The Labute approximate surface area is 351 Å². The smallest absolute Gasteiger partial charge is 0.289 e. The zero-order valence-corrected chi connectivity index (χ0v) is 27.1. The number of benzene rings is 8. The van der Waals surface area contributed by atoms with Crippen LogP contribution in [-0.4, -0.2) is 15.1 Å². The number of rotatable bonds is 3. The first kappa shape index (κ1) is 12.9. The molecule has 0 N–H and O–H groups in total. The highest BCUT2D eigenvalue weighted by molar-refractivity contribution is 8.28. The summed E-state index contributed by atoms with van der Waals surface area (Å²) in [6, 6.07) is -24.5. The van der Waals surface area contributed by atoms with E-state index in [1.54, 1.807) is 0 Å². The number of para-hydroxylation sites is 4. The van der Waals surface area contributed by atoms with Gasteiger partial charge in [-0.15, -0.1) is 0 Å². The van der Waals surface area contributed by atoms with Crippen LogP contribution in [-0.2, 0) is 0 Å². The fourth-order valence-electron chi connectivity index (χ4n) is 6.85. The summed E-state index contributed by atoms with van der Waals surface area (Å²) < 4.78 is 271. The predicted molar refractivity (Wildman–Crippen MR) is 223 cm³/mol. The molecule has 0 unspecified atom stereocenters. The maximum atomic E-state index is 10.1. The molecule has 5 heteroatoms. The Balaban J connectivity index is 1.23. The fourth-order valence-corrected chi connectivity index (χ4v) is 8.10. The van der Waals surface area contributed by atoms with E-state index in [9.17, 15) is 15.1 Å². The van der Waals surface area contributed by atoms with E-state index >= 15 is 0 Å². The number of hydrogen-bond acceptors (Lipinski definition) is 2. The quantitative estimate of drug-likeness (QED) is 0.169. The standard InChI is InChI=1S/C48H29BN2OS/c1-6-19-41-34(14-1)35-15-2-7-20-42(35)50(41)32-13-11-12-30(26-32)31-27-39-38-18-5-10-23-47(38)53-49-40-29-33(24-25-45(40)52-46(28-31)48(39)49)51-43-21-8-3-16-36(43)37-17-4-9-22-44(37)51/h1-29H/i1D,2D,3D,4D,5D,6D,7D,8D,9D,10D,11D,12D,13D,14D,15D,16D,17D,18D,19D,20D,21D,22D,23D,24D,25D,26D,27D,28D,29D. The lowest BCUT2D eigenvalue weighted by Crippen LogP contribution is -2.46. The number of aromatic nitrogens is 2. The number of ether oxygens (including phenoxy) is 1. The van der Waals surface area contributed by atoms with Gasteiger partial charge < -0.3 is 13.9 Å². The molecule has 3 nitrogen and oxygen atoms in total. The van der Waals surface area contributed by atoms with E-state index < -0.39 is 270 Å². The van der Waals surface area contributed by atoms with Gasteiger partial charge in [0.2, 0.25) is 0 Å². The zero-order chi connectivity index (χ0) is 59.9. The van der Waals surface area contributed by atoms with Gasteiger partial charge in [0.25, 0.3) is 5.99 Å². The predicted octanol–water partition coefficient (Wildman–Crippen LogP) is 11.5. The molecule has 8 aromatic carbocycles. The second kappa shape index (κ2) is 11.0. The average molecular weight is 722 g/mol. The molecule has 0 aliphatic carbocycles. The first-order valence-electron chi connectivity index (χ1n) is 30.3. The van der Waals surface area contributed by atoms with Gasteiger partial charge in [-0.05, 0) is 106 Å². The van der Waals surface area contributed by atoms with Crippen molar-refractivity contribution in [2.24, 2.45) is 0 Å². The van der Waals surface area contributed by atoms with Crippen molar-refractivity contribution in [1.29, 1.82) is 0 Å². The molecule has 4 heterocycles. The van der Waals surface area contributed by atoms with Crippen molar-refractivity contribution in [3.8, 4) is 45.1 Å². The van der Waals surface area contributed by atoms with Crippen molar-refractivity contribution in [2.45, 2.75) is 4.90 Å². The lowest BCUT2D eigenvalue weighted by Gasteiger charge is -2.33. The molecule has 0 fully saturated rings. The Hall–Kier alpha value is -6.43. The molecular formula is C48H29BN2OS. The van der Waals surface area contributed by atoms with Crippen molar-refractivity contribution < 1.29 is 44.5 Å². The van der Waals surface area contributed by atoms with E-state index in [0.717, 1.165) is 9.13 Å². The summed E-state index contributed by atoms with van der Waals surface area (Å²) in [4.78, 5) is -0.295. The molecule has 2 aliphatic rings. The van der Waals surface area contributed by atoms with E-state index in [4.69, 9.17) is 29.4 Å². The van der Waals surface area contributed by atoms with Crippen molar-refractivity contribution in [1.82, 2.24) is 9.13 Å². The Kier molecular flexibility index (Phi) is 2.69. The number of hydrogen-bond donors (Lipinski definition) is 0. The summed E-state index contributed by atoms with van der Waals surface area (Å²) in [5.41, 5.74) is -6.83. The molecular weight excluding hydrogens is 663 g/mol. The van der Waals surface area contributed by atoms with E-state index in [1.807, 2.05) is 0 Å². The van der Waals surface area contributed by atoms with Crippen LogP contribution in [0.5, 0.6) is 11.5 Å². The van der Waals surface area contributed by atoms with Crippen LogP contribution in [0.4, 0.5) is 0 Å². The Morgan fingerprint density at radius 1 is 0.453 bits per heavy atom. The molecule has 0 amide bonds. The lowest BCUT2D eigenvalue weighted by molar-refractivity contribution is 0.488. The van der Waals surface area contributed by atoms with Crippen LogP contribution in [0.15, 0.2) is 180 Å². The minimum absolute atomic E-state index is 0.271. The van der Waals surface area contributed by atoms with Gasteiger partial charge in [-0.3, -0.25) is 0 Å². The SMILES string of the molecule is [2H]c1c([2H])c([2H])c2c(c1[2H])SB1c3c([2H])c(-n4c5c([2H])c([2H])c([2H])c([2H])c5c5c([2H])c([2H])c([2H])c([2H])c54)c([2H])c([2H])c3Oc3c([2H])c(-c4c([2H])c([2H])c([2H])c(-n5c6c([2H])c([2H])c([2H])c([2H])c6c6c([2H])c([2H])c([2H])c([2H])c65)c4[2H])c([2H])c-2c31. The summed E-state index contributed by atoms with van der Waals surface area (Å²) >= 11 is 0.645. The van der Waals surface area contributed by atoms with Crippen molar-refractivity contribution in [3.63, 3.8) is 0 Å². The summed E-state index contributed by atoms with van der Waals surface area (Å²) in [6.07, 6.45) is 0. The highest BCUT2D eigenvalue weighted by atomic mass is 32.2. The molecule has 0 radical (unpaired) electrons. The van der Waals surface area contributed by atoms with Gasteiger partial charge in [0.05, 0.1) is 61.8 Å². The van der Waals surface area contributed by atoms with Gasteiger partial charge in [0.1, 0.15) is 11.5 Å². The molecule has 2 aliphatic heterocycles. The van der Waals surface area contributed by atoms with E-state index in [0.29, 0.717) is 11.6 Å². The molecule has 0 atom stereocenters. The topological polar surface area (TPSA) is 19.1 Å². The van der Waals surface area contributed by atoms with Gasteiger partial charge in [0.15, 0.2) is 0 Å². The Bertz CT molecular complexity index is 4670. The minimum atomic E-state index is -1.58. The third-order valence-electron chi connectivity index (χ3n) is 9.04. The Morgan fingerprint density at radius 2 is 1.02 bits per heavy atom. The van der Waals surface area contributed by atoms with Gasteiger partial charge in [0, 0.05) is 37.8 Å². The van der Waals surface area contributed by atoms with Gasteiger partial charge in [-0.25, -0.2) is 0 Å². The molecule has 0 spiro atoms. The van der Waals surface area contributed by atoms with Crippen LogP contribution in [0.25, 0.3) is 77.2 Å². The lowest BCUT2D eigenvalue weighted by atomic mass is 9.57. The fraction of sp³-hybridized carbons (Fsp3) is 0. The van der Waals surface area contributed by atoms with Crippen LogP contribution >= 0.6 is 11.6 Å². The van der Waals surface area contributed by atoms with Crippen LogP contribution in [0.2, 0.25) is 0 Å². The maximum absolute atomic E-state index is 10.1. The summed E-state index contributed by atoms with van der Waals surface area (Å²) in [5, 5.41) is -1.79. The van der Waals surface area contributed by atoms with Gasteiger partial charge in [-0.1, -0.05) is 103 Å². The number of fused-ring (bicyclic) bond motifs is 10. The molecule has 12 rings (SSSR count). The first-order valence-corrected chi connectivity index (χ1v) is 16.6. The Morgan fingerprint density at radius 3 is 1.66 bits per heavy atom. The second-order valence-corrected chi connectivity index (χ2v) is 12.9. The summed E-state index contributed by atoms with van der Waals surface area (Å²) in [5.74, 6) is -2.87. The van der Waals surface area contributed by atoms with Gasteiger partial charge >= 0.3 is 0 Å². The normalized spacial score (nSPS) is 20.6. The van der Waals surface area contributed by atoms with E-state index in [2.05, 4.69) is 0 Å². The molecule has 0 saturated carbocycles. The third kappa shape index (κ3) is 4.20. The van der Waals surface area contributed by atoms with Crippen molar-refractivity contribution >= 4 is 72.1 Å². The molecule has 246 valence electrons. The van der Waals surface area contributed by atoms with Crippen LogP contribution in [0.1, 0.15) is 39.8 Å². The molecule has 0 saturated heterocycles. The first-order chi connectivity index (χ1) is 38.4. The third-order valence-corrected chi connectivity index (χ3v) is 10.3. The molecule has 53 heavy (non-hydrogen) atoms. The second-order valence-electron chi connectivity index (χ2n) is 11.8. The maximum Gasteiger partial charge on any atom is 0.289 e. The van der Waals surface area contributed by atoms with Crippen molar-refractivity contribution in [2.75, 3.05) is 0 Å². The molecule has 2 aromatic heterocycles. The monoisotopic (exact) mass is 721 g/mol. The van der Waals surface area contributed by atoms with Crippen LogP contribution in [0.3, 0.4) is 0 Å². The highest BCUT2D eigenvalue weighted by Crippen LogP contribution is 2.45. The number of nitrogens with zero attached hydrogens (tertiary/aromatic N) is 2. The zero-order valence-electron chi connectivity index (χ0n) is 55.3. The van der Waals surface area contributed by atoms with Gasteiger partial charge in [-0.2, -0.15) is 11.6 Å². The van der Waals surface area contributed by atoms with E-state index in [1.165, 1.54) is 0 Å². The summed E-state index contributed by atoms with van der Waals surface area (Å²) in [6.45, 7) is 0. The highest BCUT2D eigenvalue weighted by Gasteiger charge is 2.39. The van der Waals surface area contributed by atoms with Crippen LogP contribution in [0, 0.1) is 0 Å².